The number of benzene rings is 2. The van der Waals surface area contributed by atoms with Crippen LogP contribution in [0, 0.1) is 5.92 Å². The number of primary sulfonamides is 1. The Morgan fingerprint density at radius 2 is 1.68 bits per heavy atom. The summed E-state index contributed by atoms with van der Waals surface area (Å²) < 4.78 is 40.3. The zero-order valence-electron chi connectivity index (χ0n) is 27.4. The molecule has 4 rings (SSSR count). The summed E-state index contributed by atoms with van der Waals surface area (Å²) in [6.07, 6.45) is 1.73. The van der Waals surface area contributed by atoms with Crippen LogP contribution in [-0.4, -0.2) is 47.6 Å². The number of ether oxygens (including phenoxy) is 3. The first kappa shape index (κ1) is 35.2. The van der Waals surface area contributed by atoms with Crippen LogP contribution in [0.15, 0.2) is 58.2 Å². The molecule has 0 fully saturated rings. The Morgan fingerprint density at radius 3 is 2.26 bits per heavy atom. The molecule has 5 N–H and O–H groups in total. The molecule has 1 aliphatic rings. The Bertz CT molecular complexity index is 1810. The Labute approximate surface area is 275 Å². The second kappa shape index (κ2) is 14.9. The second-order valence-electron chi connectivity index (χ2n) is 11.5. The van der Waals surface area contributed by atoms with Crippen molar-refractivity contribution in [2.45, 2.75) is 63.6 Å². The number of hydrogen-bond acceptors (Lipinski definition) is 9. The van der Waals surface area contributed by atoms with Gasteiger partial charge in [0.2, 0.25) is 33.0 Å². The fourth-order valence-electron chi connectivity index (χ4n) is 5.79. The van der Waals surface area contributed by atoms with E-state index in [-0.39, 0.29) is 40.3 Å². The van der Waals surface area contributed by atoms with Gasteiger partial charge < -0.3 is 30.2 Å². The summed E-state index contributed by atoms with van der Waals surface area (Å²) in [5.74, 6) is 0.609. The number of methoxy groups -OCH3 is 3. The predicted molar refractivity (Wildman–Crippen MR) is 179 cm³/mol. The van der Waals surface area contributed by atoms with E-state index in [4.69, 9.17) is 19.3 Å². The van der Waals surface area contributed by atoms with Gasteiger partial charge in [0, 0.05) is 19.0 Å². The van der Waals surface area contributed by atoms with Crippen molar-refractivity contribution in [2.24, 2.45) is 11.1 Å². The van der Waals surface area contributed by atoms with E-state index in [9.17, 15) is 22.8 Å². The van der Waals surface area contributed by atoms with Crippen LogP contribution in [0.4, 0.5) is 5.69 Å². The van der Waals surface area contributed by atoms with Crippen molar-refractivity contribution in [2.75, 3.05) is 26.6 Å². The molecule has 47 heavy (non-hydrogen) atoms. The molecule has 0 bridgehead atoms. The quantitative estimate of drug-likeness (QED) is 0.225. The molecule has 0 saturated carbocycles. The number of amides is 2. The third-order valence-electron chi connectivity index (χ3n) is 8.44. The smallest absolute Gasteiger partial charge is 0.243 e. The molecule has 0 radical (unpaired) electrons. The molecule has 0 saturated heterocycles. The van der Waals surface area contributed by atoms with Crippen LogP contribution >= 0.6 is 0 Å². The summed E-state index contributed by atoms with van der Waals surface area (Å²) in [5, 5.41) is 14.3. The monoisotopic (exact) mass is 666 g/mol. The first-order valence-electron chi connectivity index (χ1n) is 15.3. The highest BCUT2D eigenvalue weighted by molar-refractivity contribution is 7.89. The standard InChI is InChI=1S/C34H42N4O8S/c1-7-19(2)31(34(41)36-18-21-8-11-23(12-9-21)47(35,42)43)38-27-15-13-24-25(17-28(27)40)26(37-20(3)39)14-10-22-16-29(44-4)32(45-5)33(46-6)30(22)24/h8-9,11-13,15-17,19,26,31H,7,10,14,18H2,1-6H3,(H,36,41)(H,37,39)(H,38,40)(H2,35,42,43)/t19-,26+,31+/m0/s1. The van der Waals surface area contributed by atoms with E-state index in [0.717, 1.165) is 11.1 Å². The topological polar surface area (TPSA) is 175 Å². The zero-order chi connectivity index (χ0) is 34.5. The summed E-state index contributed by atoms with van der Waals surface area (Å²) >= 11 is 0. The van der Waals surface area contributed by atoms with E-state index in [1.807, 2.05) is 19.9 Å². The van der Waals surface area contributed by atoms with E-state index >= 15 is 0 Å². The normalized spacial score (nSPS) is 15.2. The van der Waals surface area contributed by atoms with E-state index < -0.39 is 22.1 Å². The fraction of sp³-hybridized carbons (Fsp3) is 0.382. The number of carbonyl (C=O) groups is 2. The number of nitrogens with one attached hydrogen (secondary N) is 3. The Morgan fingerprint density at radius 1 is 1.00 bits per heavy atom. The molecule has 3 atom stereocenters. The van der Waals surface area contributed by atoms with Gasteiger partial charge in [-0.25, -0.2) is 13.6 Å². The molecule has 0 aliphatic heterocycles. The van der Waals surface area contributed by atoms with E-state index in [0.29, 0.717) is 53.2 Å². The number of aryl methyl sites for hydroxylation is 1. The van der Waals surface area contributed by atoms with Crippen molar-refractivity contribution in [1.82, 2.24) is 10.6 Å². The molecule has 3 aromatic carbocycles. The van der Waals surface area contributed by atoms with Crippen molar-refractivity contribution in [3.05, 3.63) is 75.4 Å². The summed E-state index contributed by atoms with van der Waals surface area (Å²) in [6, 6.07) is 11.5. The van der Waals surface area contributed by atoms with Crippen LogP contribution in [0.1, 0.15) is 56.3 Å². The number of fused-ring (bicyclic) bond motifs is 3. The lowest BCUT2D eigenvalue weighted by molar-refractivity contribution is -0.123. The minimum absolute atomic E-state index is 0.0244. The average Bonchev–Trinajstić information content (AvgIpc) is 3.28. The Hall–Kier alpha value is -4.62. The van der Waals surface area contributed by atoms with Crippen molar-refractivity contribution < 1.29 is 32.2 Å². The van der Waals surface area contributed by atoms with Crippen LogP contribution in [0.25, 0.3) is 11.1 Å². The maximum absolute atomic E-state index is 13.8. The molecule has 0 unspecified atom stereocenters. The predicted octanol–water partition coefficient (Wildman–Crippen LogP) is 3.65. The zero-order valence-corrected chi connectivity index (χ0v) is 28.2. The first-order chi connectivity index (χ1) is 22.3. The molecule has 12 nitrogen and oxygen atoms in total. The molecule has 13 heteroatoms. The van der Waals surface area contributed by atoms with Gasteiger partial charge in [-0.3, -0.25) is 14.4 Å². The highest BCUT2D eigenvalue weighted by Gasteiger charge is 2.30. The lowest BCUT2D eigenvalue weighted by Crippen LogP contribution is -2.44. The molecule has 3 aromatic rings. The van der Waals surface area contributed by atoms with Crippen LogP contribution in [0.5, 0.6) is 17.2 Å². The van der Waals surface area contributed by atoms with Gasteiger partial charge in [0.1, 0.15) is 6.04 Å². The van der Waals surface area contributed by atoms with E-state index in [2.05, 4.69) is 16.0 Å². The highest BCUT2D eigenvalue weighted by atomic mass is 32.2. The Balaban J connectivity index is 1.76. The molecule has 2 amide bonds. The lowest BCUT2D eigenvalue weighted by Gasteiger charge is -2.24. The number of nitrogens with two attached hydrogens (primary N) is 1. The van der Waals surface area contributed by atoms with Crippen LogP contribution in [0.2, 0.25) is 0 Å². The van der Waals surface area contributed by atoms with Crippen molar-refractivity contribution in [3.8, 4) is 28.4 Å². The van der Waals surface area contributed by atoms with Gasteiger partial charge in [-0.1, -0.05) is 38.5 Å². The Kier molecular flexibility index (Phi) is 11.1. The number of hydrogen-bond donors (Lipinski definition) is 4. The van der Waals surface area contributed by atoms with Crippen molar-refractivity contribution in [1.29, 1.82) is 0 Å². The van der Waals surface area contributed by atoms with Crippen molar-refractivity contribution in [3.63, 3.8) is 0 Å². The molecule has 0 aromatic heterocycles. The number of sulfonamides is 1. The minimum Gasteiger partial charge on any atom is -0.493 e. The number of anilines is 1. The second-order valence-corrected chi connectivity index (χ2v) is 13.1. The van der Waals surface area contributed by atoms with Gasteiger partial charge >= 0.3 is 0 Å². The van der Waals surface area contributed by atoms with Crippen molar-refractivity contribution >= 4 is 27.5 Å². The molecular weight excluding hydrogens is 624 g/mol. The third-order valence-corrected chi connectivity index (χ3v) is 9.37. The van der Waals surface area contributed by atoms with E-state index in [1.54, 1.807) is 31.4 Å². The van der Waals surface area contributed by atoms with Gasteiger partial charge in [-0.2, -0.15) is 0 Å². The molecular formula is C34H42N4O8S. The molecule has 0 spiro atoms. The first-order valence-corrected chi connectivity index (χ1v) is 16.8. The number of rotatable bonds is 12. The summed E-state index contributed by atoms with van der Waals surface area (Å²) in [6.45, 7) is 5.43. The maximum Gasteiger partial charge on any atom is 0.243 e. The summed E-state index contributed by atoms with van der Waals surface area (Å²) in [4.78, 5) is 39.6. The maximum atomic E-state index is 13.8. The minimum atomic E-state index is -3.83. The van der Waals surface area contributed by atoms with Gasteiger partial charge in [0.25, 0.3) is 0 Å². The lowest BCUT2D eigenvalue weighted by atomic mass is 9.95. The highest BCUT2D eigenvalue weighted by Crippen LogP contribution is 2.50. The molecule has 1 aliphatic carbocycles. The summed E-state index contributed by atoms with van der Waals surface area (Å²) in [7, 11) is 0.766. The van der Waals surface area contributed by atoms with E-state index in [1.165, 1.54) is 39.3 Å². The van der Waals surface area contributed by atoms with Gasteiger partial charge in [0.05, 0.1) is 38.0 Å². The van der Waals surface area contributed by atoms with Crippen LogP contribution in [-0.2, 0) is 32.6 Å². The average molecular weight is 667 g/mol. The van der Waals surface area contributed by atoms with Crippen LogP contribution < -0.4 is 40.7 Å². The number of carbonyl (C=O) groups excluding carboxylic acids is 2. The largest absolute Gasteiger partial charge is 0.493 e. The van der Waals surface area contributed by atoms with Gasteiger partial charge in [-0.15, -0.1) is 0 Å². The molecule has 0 heterocycles. The fourth-order valence-corrected chi connectivity index (χ4v) is 6.31. The molecule has 252 valence electrons. The van der Waals surface area contributed by atoms with Crippen LogP contribution in [0.3, 0.4) is 0 Å². The SMILES string of the molecule is CC[C@H](C)[C@@H](Nc1ccc2c(cc1=O)[C@H](NC(C)=O)CCc1cc(OC)c(OC)c(OC)c1-2)C(=O)NCc1ccc(S(N)(=O)=O)cc1. The summed E-state index contributed by atoms with van der Waals surface area (Å²) in [5.41, 5.74) is 3.43. The van der Waals surface area contributed by atoms with Gasteiger partial charge in [-0.05, 0) is 71.3 Å². The third kappa shape index (κ3) is 7.86. The van der Waals surface area contributed by atoms with Gasteiger partial charge in [0.15, 0.2) is 11.5 Å².